The van der Waals surface area contributed by atoms with Crippen molar-refractivity contribution < 1.29 is 8.83 Å². The molecule has 11 aromatic rings. The lowest BCUT2D eigenvalue weighted by Crippen LogP contribution is -2.10. The molecule has 0 amide bonds. The topological polar surface area (TPSA) is 32.8 Å². The van der Waals surface area contributed by atoms with E-state index < -0.39 is 0 Å². The normalized spacial score (nSPS) is 11.8. The first-order valence-corrected chi connectivity index (χ1v) is 22.1. The summed E-state index contributed by atoms with van der Waals surface area (Å²) in [5, 5.41) is 8.81. The third kappa shape index (κ3) is 6.46. The maximum absolute atomic E-state index is 6.87. The van der Waals surface area contributed by atoms with Crippen molar-refractivity contribution in [2.24, 2.45) is 0 Å². The van der Waals surface area contributed by atoms with E-state index in [9.17, 15) is 0 Å². The predicted molar refractivity (Wildman–Crippen MR) is 263 cm³/mol. The van der Waals surface area contributed by atoms with E-state index in [4.69, 9.17) is 8.83 Å². The minimum Gasteiger partial charge on any atom is -0.456 e. The highest BCUT2D eigenvalue weighted by molar-refractivity contribution is 6.24. The molecule has 0 aliphatic carbocycles. The van der Waals surface area contributed by atoms with Crippen molar-refractivity contribution in [1.82, 2.24) is 0 Å². The van der Waals surface area contributed by atoms with Gasteiger partial charge in [-0.15, -0.1) is 0 Å². The summed E-state index contributed by atoms with van der Waals surface area (Å²) in [7, 11) is 0. The predicted octanol–water partition coefficient (Wildman–Crippen LogP) is 17.0. The lowest BCUT2D eigenvalue weighted by atomic mass is 10.0. The Morgan fingerprint density at radius 1 is 0.306 bits per heavy atom. The van der Waals surface area contributed by atoms with E-state index in [1.165, 1.54) is 27.6 Å². The van der Waals surface area contributed by atoms with Crippen LogP contribution in [-0.4, -0.2) is 0 Å². The van der Waals surface area contributed by atoms with Crippen LogP contribution in [0.5, 0.6) is 0 Å². The zero-order valence-electron chi connectivity index (χ0n) is 35.7. The Hall–Kier alpha value is -7.30. The molecular formula is C58H48N2O2. The van der Waals surface area contributed by atoms with Crippen LogP contribution >= 0.6 is 0 Å². The van der Waals surface area contributed by atoms with Gasteiger partial charge >= 0.3 is 0 Å². The average Bonchev–Trinajstić information content (AvgIpc) is 3.88. The van der Waals surface area contributed by atoms with Crippen LogP contribution in [0.2, 0.25) is 0 Å². The smallest absolute Gasteiger partial charge is 0.147 e. The van der Waals surface area contributed by atoms with Crippen molar-refractivity contribution in [2.75, 3.05) is 9.80 Å². The molecule has 302 valence electrons. The third-order valence-corrected chi connectivity index (χ3v) is 12.9. The zero-order chi connectivity index (χ0) is 41.9. The second-order valence-electron chi connectivity index (χ2n) is 16.5. The molecule has 0 fully saturated rings. The Morgan fingerprint density at radius 3 is 1.11 bits per heavy atom. The summed E-state index contributed by atoms with van der Waals surface area (Å²) in [6.45, 7) is 8.80. The highest BCUT2D eigenvalue weighted by atomic mass is 16.3. The van der Waals surface area contributed by atoms with E-state index >= 15 is 0 Å². The Labute approximate surface area is 362 Å². The van der Waals surface area contributed by atoms with Gasteiger partial charge in [-0.3, -0.25) is 0 Å². The van der Waals surface area contributed by atoms with Gasteiger partial charge in [0, 0.05) is 50.3 Å². The fourth-order valence-electron chi connectivity index (χ4n) is 9.25. The van der Waals surface area contributed by atoms with Gasteiger partial charge in [0.05, 0.1) is 5.39 Å². The van der Waals surface area contributed by atoms with Crippen LogP contribution in [0.15, 0.2) is 179 Å². The van der Waals surface area contributed by atoms with Crippen LogP contribution in [0.3, 0.4) is 0 Å². The quantitative estimate of drug-likeness (QED) is 0.138. The molecule has 4 nitrogen and oxygen atoms in total. The van der Waals surface area contributed by atoms with Crippen molar-refractivity contribution in [1.29, 1.82) is 0 Å². The van der Waals surface area contributed by atoms with E-state index in [0.29, 0.717) is 0 Å². The van der Waals surface area contributed by atoms with Gasteiger partial charge in [-0.05, 0) is 179 Å². The fraction of sp³-hybridized carbons (Fsp3) is 0.138. The first-order valence-electron chi connectivity index (χ1n) is 22.1. The number of rotatable bonds is 10. The first kappa shape index (κ1) is 37.7. The summed E-state index contributed by atoms with van der Waals surface area (Å²) in [5.41, 5.74) is 15.4. The molecule has 0 atom stereocenters. The number of furan rings is 2. The van der Waals surface area contributed by atoms with Crippen molar-refractivity contribution in [3.8, 4) is 0 Å². The van der Waals surface area contributed by atoms with Crippen molar-refractivity contribution >= 4 is 99.5 Å². The molecule has 0 unspecified atom stereocenters. The number of hydrogen-bond acceptors (Lipinski definition) is 4. The SMILES string of the molecule is CCc1ccc(N(c2ccc(CC)cc2)c2ccc3cc4c(cc3c2)oc2c4ccc3oc4cc5cc(N(c6ccc(CC)cc6)c6ccc(CC)cc6)ccc5cc4c32)cc1. The van der Waals surface area contributed by atoms with Crippen LogP contribution in [0.4, 0.5) is 34.1 Å². The number of anilines is 6. The summed E-state index contributed by atoms with van der Waals surface area (Å²) in [5.74, 6) is 0. The largest absolute Gasteiger partial charge is 0.456 e. The lowest BCUT2D eigenvalue weighted by molar-refractivity contribution is 0.663. The van der Waals surface area contributed by atoms with Crippen LogP contribution < -0.4 is 9.80 Å². The molecule has 0 saturated heterocycles. The van der Waals surface area contributed by atoms with Crippen molar-refractivity contribution in [2.45, 2.75) is 53.4 Å². The number of nitrogens with zero attached hydrogens (tertiary/aromatic N) is 2. The summed E-state index contributed by atoms with van der Waals surface area (Å²) in [4.78, 5) is 4.69. The van der Waals surface area contributed by atoms with E-state index in [-0.39, 0.29) is 0 Å². The molecule has 0 saturated carbocycles. The maximum atomic E-state index is 6.87. The molecule has 0 aliphatic rings. The molecule has 0 bridgehead atoms. The minimum atomic E-state index is 0.821. The van der Waals surface area contributed by atoms with Gasteiger partial charge in [0.2, 0.25) is 0 Å². The molecule has 0 radical (unpaired) electrons. The van der Waals surface area contributed by atoms with E-state index in [0.717, 1.165) is 120 Å². The number of aryl methyl sites for hydroxylation is 4. The van der Waals surface area contributed by atoms with E-state index in [1.54, 1.807) is 0 Å². The monoisotopic (exact) mass is 804 g/mol. The van der Waals surface area contributed by atoms with Crippen LogP contribution in [0.25, 0.3) is 65.4 Å². The van der Waals surface area contributed by atoms with Crippen LogP contribution in [0.1, 0.15) is 49.9 Å². The molecule has 2 heterocycles. The van der Waals surface area contributed by atoms with Crippen molar-refractivity contribution in [3.63, 3.8) is 0 Å². The number of benzene rings is 9. The zero-order valence-corrected chi connectivity index (χ0v) is 35.7. The number of hydrogen-bond donors (Lipinski definition) is 0. The van der Waals surface area contributed by atoms with Gasteiger partial charge in [-0.2, -0.15) is 0 Å². The van der Waals surface area contributed by atoms with Crippen LogP contribution in [-0.2, 0) is 25.7 Å². The molecule has 9 aromatic carbocycles. The highest BCUT2D eigenvalue weighted by Gasteiger charge is 2.20. The van der Waals surface area contributed by atoms with Gasteiger partial charge in [0.1, 0.15) is 22.3 Å². The van der Waals surface area contributed by atoms with Crippen molar-refractivity contribution in [3.05, 3.63) is 192 Å². The number of fused-ring (bicyclic) bond motifs is 9. The van der Waals surface area contributed by atoms with Gasteiger partial charge in [0.15, 0.2) is 0 Å². The van der Waals surface area contributed by atoms with Gasteiger partial charge < -0.3 is 18.6 Å². The molecule has 0 spiro atoms. The Balaban J connectivity index is 1.01. The summed E-state index contributed by atoms with van der Waals surface area (Å²) in [6.07, 6.45) is 4.04. The first-order chi connectivity index (χ1) is 30.5. The Bertz CT molecular complexity index is 3330. The maximum Gasteiger partial charge on any atom is 0.147 e. The molecule has 2 aromatic heterocycles. The molecule has 62 heavy (non-hydrogen) atoms. The standard InChI is InChI=1S/C58H48N2O2/c1-5-37-9-19-45(20-10-37)59(46-21-11-38(6-2)12-22-46)49-27-17-41-33-52-51-29-30-54-57(58(51)62-55(52)35-43(41)31-49)53-34-42-18-28-50(32-44(42)36-56(53)61-54)60(47-23-13-39(7-3)14-24-47)48-25-15-40(8-4)16-26-48/h9-36H,5-8H2,1-4H3. The summed E-state index contributed by atoms with van der Waals surface area (Å²) in [6, 6.07) is 62.4. The summed E-state index contributed by atoms with van der Waals surface area (Å²) < 4.78 is 13.5. The highest BCUT2D eigenvalue weighted by Crippen LogP contribution is 2.44. The second kappa shape index (κ2) is 15.3. The van der Waals surface area contributed by atoms with E-state index in [2.05, 4.69) is 207 Å². The third-order valence-electron chi connectivity index (χ3n) is 12.9. The van der Waals surface area contributed by atoms with Crippen LogP contribution in [0, 0.1) is 0 Å². The Kier molecular flexibility index (Phi) is 9.30. The summed E-state index contributed by atoms with van der Waals surface area (Å²) >= 11 is 0. The molecule has 0 aliphatic heterocycles. The van der Waals surface area contributed by atoms with Gasteiger partial charge in [0.25, 0.3) is 0 Å². The van der Waals surface area contributed by atoms with Gasteiger partial charge in [-0.1, -0.05) is 88.4 Å². The molecule has 11 rings (SSSR count). The minimum absolute atomic E-state index is 0.821. The second-order valence-corrected chi connectivity index (χ2v) is 16.5. The average molecular weight is 805 g/mol. The fourth-order valence-corrected chi connectivity index (χ4v) is 9.25. The Morgan fingerprint density at radius 2 is 0.694 bits per heavy atom. The molecule has 0 N–H and O–H groups in total. The van der Waals surface area contributed by atoms with Gasteiger partial charge in [-0.25, -0.2) is 0 Å². The molecule has 4 heteroatoms. The van der Waals surface area contributed by atoms with E-state index in [1.807, 2.05) is 0 Å². The molecular weight excluding hydrogens is 757 g/mol. The lowest BCUT2D eigenvalue weighted by Gasteiger charge is -2.26.